The highest BCUT2D eigenvalue weighted by atomic mass is 16.1. The first-order valence-electron chi connectivity index (χ1n) is 5.96. The SMILES string of the molecule is CCC(C)(CCN)NC(=O)c1cccnc1C. The second kappa shape index (κ2) is 5.77. The first-order valence-corrected chi connectivity index (χ1v) is 5.96. The summed E-state index contributed by atoms with van der Waals surface area (Å²) in [6, 6.07) is 3.56. The van der Waals surface area contributed by atoms with Crippen molar-refractivity contribution in [1.29, 1.82) is 0 Å². The van der Waals surface area contributed by atoms with Crippen LogP contribution in [-0.2, 0) is 0 Å². The highest BCUT2D eigenvalue weighted by molar-refractivity contribution is 5.95. The predicted molar refractivity (Wildman–Crippen MR) is 68.8 cm³/mol. The molecule has 17 heavy (non-hydrogen) atoms. The number of amides is 1. The third-order valence-electron chi connectivity index (χ3n) is 3.14. The van der Waals surface area contributed by atoms with E-state index in [1.54, 1.807) is 18.3 Å². The van der Waals surface area contributed by atoms with Gasteiger partial charge in [-0.25, -0.2) is 0 Å². The number of hydrogen-bond donors (Lipinski definition) is 2. The molecular formula is C13H21N3O. The van der Waals surface area contributed by atoms with Gasteiger partial charge in [0.2, 0.25) is 0 Å². The van der Waals surface area contributed by atoms with Gasteiger partial charge in [-0.3, -0.25) is 9.78 Å². The number of hydrogen-bond acceptors (Lipinski definition) is 3. The molecule has 1 rings (SSSR count). The molecule has 0 aliphatic rings. The van der Waals surface area contributed by atoms with Crippen LogP contribution in [0.15, 0.2) is 18.3 Å². The maximum atomic E-state index is 12.1. The molecule has 0 saturated heterocycles. The fraction of sp³-hybridized carbons (Fsp3) is 0.538. The van der Waals surface area contributed by atoms with E-state index in [4.69, 9.17) is 5.73 Å². The van der Waals surface area contributed by atoms with Gasteiger partial charge in [0.15, 0.2) is 0 Å². The van der Waals surface area contributed by atoms with Crippen LogP contribution in [0.2, 0.25) is 0 Å². The van der Waals surface area contributed by atoms with Gasteiger partial charge in [0.25, 0.3) is 5.91 Å². The Bertz CT molecular complexity index is 392. The van der Waals surface area contributed by atoms with Gasteiger partial charge >= 0.3 is 0 Å². The number of pyridine rings is 1. The van der Waals surface area contributed by atoms with Gasteiger partial charge in [0.05, 0.1) is 5.56 Å². The van der Waals surface area contributed by atoms with Crippen LogP contribution in [0.3, 0.4) is 0 Å². The zero-order valence-electron chi connectivity index (χ0n) is 10.8. The Morgan fingerprint density at radius 2 is 2.29 bits per heavy atom. The van der Waals surface area contributed by atoms with E-state index in [2.05, 4.69) is 10.3 Å². The molecule has 1 heterocycles. The molecule has 1 unspecified atom stereocenters. The molecule has 0 fully saturated rings. The fourth-order valence-corrected chi connectivity index (χ4v) is 1.71. The van der Waals surface area contributed by atoms with Gasteiger partial charge in [-0.1, -0.05) is 6.92 Å². The van der Waals surface area contributed by atoms with E-state index in [0.29, 0.717) is 12.1 Å². The van der Waals surface area contributed by atoms with E-state index in [9.17, 15) is 4.79 Å². The molecule has 0 aliphatic heterocycles. The average molecular weight is 235 g/mol. The lowest BCUT2D eigenvalue weighted by Crippen LogP contribution is -2.47. The van der Waals surface area contributed by atoms with Gasteiger partial charge in [-0.15, -0.1) is 0 Å². The Morgan fingerprint density at radius 3 is 2.82 bits per heavy atom. The highest BCUT2D eigenvalue weighted by Crippen LogP contribution is 2.15. The van der Waals surface area contributed by atoms with Gasteiger partial charge in [0.1, 0.15) is 0 Å². The third-order valence-corrected chi connectivity index (χ3v) is 3.14. The molecule has 0 aromatic carbocycles. The second-order valence-corrected chi connectivity index (χ2v) is 4.54. The largest absolute Gasteiger partial charge is 0.347 e. The van der Waals surface area contributed by atoms with Crippen molar-refractivity contribution in [3.8, 4) is 0 Å². The Labute approximate surface area is 103 Å². The van der Waals surface area contributed by atoms with Gasteiger partial charge < -0.3 is 11.1 Å². The van der Waals surface area contributed by atoms with Crippen LogP contribution in [0, 0.1) is 6.92 Å². The van der Waals surface area contributed by atoms with Gasteiger partial charge in [-0.2, -0.15) is 0 Å². The Balaban J connectivity index is 2.82. The van der Waals surface area contributed by atoms with Crippen molar-refractivity contribution in [2.45, 2.75) is 39.2 Å². The van der Waals surface area contributed by atoms with Crippen molar-refractivity contribution in [3.05, 3.63) is 29.6 Å². The molecule has 1 aromatic rings. The first-order chi connectivity index (χ1) is 8.02. The molecule has 3 N–H and O–H groups in total. The summed E-state index contributed by atoms with van der Waals surface area (Å²) >= 11 is 0. The molecular weight excluding hydrogens is 214 g/mol. The smallest absolute Gasteiger partial charge is 0.253 e. The maximum absolute atomic E-state index is 12.1. The number of aromatic nitrogens is 1. The summed E-state index contributed by atoms with van der Waals surface area (Å²) in [5.74, 6) is -0.0756. The Hall–Kier alpha value is -1.42. The van der Waals surface area contributed by atoms with E-state index < -0.39 is 0 Å². The molecule has 0 radical (unpaired) electrons. The minimum Gasteiger partial charge on any atom is -0.347 e. The van der Waals surface area contributed by atoms with Crippen LogP contribution in [0.4, 0.5) is 0 Å². The fourth-order valence-electron chi connectivity index (χ4n) is 1.71. The molecule has 4 nitrogen and oxygen atoms in total. The number of carbonyl (C=O) groups is 1. The third kappa shape index (κ3) is 3.53. The zero-order valence-corrected chi connectivity index (χ0v) is 10.8. The first kappa shape index (κ1) is 13.6. The van der Waals surface area contributed by atoms with Crippen LogP contribution >= 0.6 is 0 Å². The zero-order chi connectivity index (χ0) is 12.9. The standard InChI is InChI=1S/C13H21N3O/c1-4-13(3,7-8-14)16-12(17)11-6-5-9-15-10(11)2/h5-6,9H,4,7-8,14H2,1-3H3,(H,16,17). The quantitative estimate of drug-likeness (QED) is 0.815. The molecule has 4 heteroatoms. The average Bonchev–Trinajstić information content (AvgIpc) is 2.29. The van der Waals surface area contributed by atoms with Crippen molar-refractivity contribution < 1.29 is 4.79 Å². The lowest BCUT2D eigenvalue weighted by atomic mass is 9.94. The van der Waals surface area contributed by atoms with E-state index in [0.717, 1.165) is 18.5 Å². The van der Waals surface area contributed by atoms with Crippen molar-refractivity contribution in [3.63, 3.8) is 0 Å². The van der Waals surface area contributed by atoms with E-state index in [1.807, 2.05) is 20.8 Å². The van der Waals surface area contributed by atoms with Crippen molar-refractivity contribution in [2.24, 2.45) is 5.73 Å². The van der Waals surface area contributed by atoms with Crippen LogP contribution in [0.5, 0.6) is 0 Å². The number of rotatable bonds is 5. The van der Waals surface area contributed by atoms with Crippen LogP contribution < -0.4 is 11.1 Å². The van der Waals surface area contributed by atoms with Gasteiger partial charge in [0, 0.05) is 17.4 Å². The lowest BCUT2D eigenvalue weighted by molar-refractivity contribution is 0.0899. The molecule has 1 amide bonds. The normalized spacial score (nSPS) is 14.1. The van der Waals surface area contributed by atoms with Crippen molar-refractivity contribution in [1.82, 2.24) is 10.3 Å². The predicted octanol–water partition coefficient (Wildman–Crippen LogP) is 1.64. The summed E-state index contributed by atoms with van der Waals surface area (Å²) in [6.45, 7) is 6.47. The Kier molecular flexibility index (Phi) is 4.63. The summed E-state index contributed by atoms with van der Waals surface area (Å²) in [6.07, 6.45) is 3.31. The second-order valence-electron chi connectivity index (χ2n) is 4.54. The van der Waals surface area contributed by atoms with E-state index in [1.165, 1.54) is 0 Å². The molecule has 1 atom stereocenters. The van der Waals surface area contributed by atoms with Crippen LogP contribution in [0.25, 0.3) is 0 Å². The lowest BCUT2D eigenvalue weighted by Gasteiger charge is -2.29. The van der Waals surface area contributed by atoms with Crippen LogP contribution in [-0.4, -0.2) is 23.0 Å². The summed E-state index contributed by atoms with van der Waals surface area (Å²) in [5, 5.41) is 3.04. The van der Waals surface area contributed by atoms with E-state index >= 15 is 0 Å². The Morgan fingerprint density at radius 1 is 1.59 bits per heavy atom. The number of aryl methyl sites for hydroxylation is 1. The van der Waals surface area contributed by atoms with Crippen LogP contribution in [0.1, 0.15) is 42.7 Å². The minimum absolute atomic E-state index is 0.0756. The summed E-state index contributed by atoms with van der Waals surface area (Å²) in [7, 11) is 0. The molecule has 0 saturated carbocycles. The minimum atomic E-state index is -0.242. The van der Waals surface area contributed by atoms with E-state index in [-0.39, 0.29) is 11.4 Å². The number of nitrogens with one attached hydrogen (secondary N) is 1. The van der Waals surface area contributed by atoms with Gasteiger partial charge in [-0.05, 0) is 45.4 Å². The highest BCUT2D eigenvalue weighted by Gasteiger charge is 2.24. The van der Waals surface area contributed by atoms with Crippen molar-refractivity contribution in [2.75, 3.05) is 6.54 Å². The molecule has 0 aliphatic carbocycles. The number of nitrogens with two attached hydrogens (primary N) is 1. The maximum Gasteiger partial charge on any atom is 0.253 e. The van der Waals surface area contributed by atoms with Crippen molar-refractivity contribution >= 4 is 5.91 Å². The molecule has 94 valence electrons. The summed E-state index contributed by atoms with van der Waals surface area (Å²) in [5.41, 5.74) is 6.70. The molecule has 1 aromatic heterocycles. The number of nitrogens with zero attached hydrogens (tertiary/aromatic N) is 1. The number of carbonyl (C=O) groups excluding carboxylic acids is 1. The summed E-state index contributed by atoms with van der Waals surface area (Å²) < 4.78 is 0. The monoisotopic (exact) mass is 235 g/mol. The molecule has 0 bridgehead atoms. The molecule has 0 spiro atoms. The topological polar surface area (TPSA) is 68.0 Å². The summed E-state index contributed by atoms with van der Waals surface area (Å²) in [4.78, 5) is 16.2.